The normalized spacial score (nSPS) is 36.0. The van der Waals surface area contributed by atoms with Gasteiger partial charge in [-0.15, -0.1) is 0 Å². The van der Waals surface area contributed by atoms with Gasteiger partial charge in [-0.25, -0.2) is 0 Å². The number of hydrogen-bond donors (Lipinski definition) is 1. The van der Waals surface area contributed by atoms with E-state index >= 15 is 0 Å². The first-order chi connectivity index (χ1) is 21.6. The number of phenolic OH excluding ortho intramolecular Hbond substituents is 1. The lowest BCUT2D eigenvalue weighted by atomic mass is 9.51. The van der Waals surface area contributed by atoms with E-state index in [0.29, 0.717) is 53.9 Å². The van der Waals surface area contributed by atoms with Crippen LogP contribution >= 0.6 is 0 Å². The number of benzene rings is 1. The van der Waals surface area contributed by atoms with E-state index in [4.69, 9.17) is 18.9 Å². The third kappa shape index (κ3) is 3.91. The summed E-state index contributed by atoms with van der Waals surface area (Å²) in [5.74, 6) is -0.231. The SMILES string of the molecule is C=C(C)[C@@H]1CC[C@@]2(C)CC1c1c(O)c3c(c(CC=C(C)C)c1O2)O[C@]12C(=CC4CC1C(C)(C)O[C@]2(C/C=C(/C)OC=O)C4=O)C3=O. The van der Waals surface area contributed by atoms with E-state index in [9.17, 15) is 19.5 Å². The summed E-state index contributed by atoms with van der Waals surface area (Å²) >= 11 is 0. The van der Waals surface area contributed by atoms with Crippen molar-refractivity contribution in [3.63, 3.8) is 0 Å². The van der Waals surface area contributed by atoms with Crippen molar-refractivity contribution in [3.05, 3.63) is 64.0 Å². The van der Waals surface area contributed by atoms with Gasteiger partial charge < -0.3 is 24.1 Å². The van der Waals surface area contributed by atoms with Crippen LogP contribution in [-0.4, -0.2) is 45.5 Å². The highest BCUT2D eigenvalue weighted by Gasteiger charge is 2.81. The first kappa shape index (κ1) is 31.0. The largest absolute Gasteiger partial charge is 0.507 e. The Morgan fingerprint density at radius 2 is 1.85 bits per heavy atom. The first-order valence-corrected chi connectivity index (χ1v) is 16.5. The molecule has 1 aromatic rings. The van der Waals surface area contributed by atoms with Crippen LogP contribution in [0.2, 0.25) is 0 Å². The molecule has 0 amide bonds. The maximum atomic E-state index is 15.0. The lowest BCUT2D eigenvalue weighted by Gasteiger charge is -2.56. The average molecular weight is 629 g/mol. The molecule has 3 unspecified atom stereocenters. The predicted molar refractivity (Wildman–Crippen MR) is 171 cm³/mol. The number of aromatic hydroxyl groups is 1. The van der Waals surface area contributed by atoms with Crippen molar-refractivity contribution in [1.82, 2.24) is 0 Å². The number of allylic oxidation sites excluding steroid dienone is 5. The molecule has 0 radical (unpaired) electrons. The molecule has 244 valence electrons. The van der Waals surface area contributed by atoms with Gasteiger partial charge >= 0.3 is 0 Å². The van der Waals surface area contributed by atoms with Crippen molar-refractivity contribution in [2.24, 2.45) is 17.8 Å². The van der Waals surface area contributed by atoms with Crippen LogP contribution in [0, 0.1) is 17.8 Å². The lowest BCUT2D eigenvalue weighted by molar-refractivity contribution is -0.171. The van der Waals surface area contributed by atoms with Gasteiger partial charge in [0.15, 0.2) is 22.8 Å². The quantitative estimate of drug-likeness (QED) is 0.196. The van der Waals surface area contributed by atoms with Gasteiger partial charge in [0.1, 0.15) is 34.2 Å². The third-order valence-electron chi connectivity index (χ3n) is 11.7. The fraction of sp³-hybridized carbons (Fsp3) is 0.553. The van der Waals surface area contributed by atoms with E-state index in [1.165, 1.54) is 0 Å². The highest BCUT2D eigenvalue weighted by Crippen LogP contribution is 2.69. The summed E-state index contributed by atoms with van der Waals surface area (Å²) < 4.78 is 26.0. The van der Waals surface area contributed by atoms with E-state index in [1.807, 2.05) is 34.6 Å². The summed E-state index contributed by atoms with van der Waals surface area (Å²) in [4.78, 5) is 40.4. The topological polar surface area (TPSA) is 108 Å². The van der Waals surface area contributed by atoms with Crippen LogP contribution in [-0.2, 0) is 25.5 Å². The second-order valence-corrected chi connectivity index (χ2v) is 15.4. The molecule has 7 aliphatic rings. The molecule has 8 heteroatoms. The van der Waals surface area contributed by atoms with Crippen LogP contribution in [0.3, 0.4) is 0 Å². The Labute approximate surface area is 270 Å². The van der Waals surface area contributed by atoms with E-state index in [-0.39, 0.29) is 52.8 Å². The second kappa shape index (κ2) is 9.93. The standard InChI is InChI=1S/C38H44O8/c1-19(2)9-10-24-32-28(25-17-36(8,44-32)13-12-23(25)20(3)4)31(41)29-30(40)26-15-22-16-27-35(6,7)46-37(34(22)42,14-11-21(5)43-18-39)38(26,27)45-33(24)29/h9,11,15,18,22-23,25,27,41H,3,10,12-14,16-17H2,1-2,4-8H3/b21-11-/t22?,23-,25?,27?,36-,37+,38+/m0/s1. The first-order valence-electron chi connectivity index (χ1n) is 16.5. The number of phenols is 1. The van der Waals surface area contributed by atoms with Gasteiger partial charge in [-0.2, -0.15) is 0 Å². The summed E-state index contributed by atoms with van der Waals surface area (Å²) in [5.41, 5.74) is -0.259. The van der Waals surface area contributed by atoms with Crippen molar-refractivity contribution in [3.8, 4) is 17.2 Å². The molecule has 7 atom stereocenters. The molecular formula is C38H44O8. The Kier molecular flexibility index (Phi) is 6.68. The summed E-state index contributed by atoms with van der Waals surface area (Å²) in [6, 6.07) is 0. The molecule has 1 spiro atoms. The maximum absolute atomic E-state index is 15.0. The minimum Gasteiger partial charge on any atom is -0.507 e. The van der Waals surface area contributed by atoms with Gasteiger partial charge in [0, 0.05) is 40.9 Å². The molecule has 0 aromatic heterocycles. The molecule has 3 heterocycles. The van der Waals surface area contributed by atoms with Crippen LogP contribution in [0.5, 0.6) is 17.2 Å². The summed E-state index contributed by atoms with van der Waals surface area (Å²) in [6.07, 6.45) is 8.89. The Hall–Kier alpha value is -3.65. The molecule has 8 nitrogen and oxygen atoms in total. The second-order valence-electron chi connectivity index (χ2n) is 15.4. The molecule has 8 rings (SSSR count). The Balaban J connectivity index is 1.51. The van der Waals surface area contributed by atoms with Gasteiger partial charge in [-0.1, -0.05) is 29.9 Å². The van der Waals surface area contributed by atoms with Crippen molar-refractivity contribution in [1.29, 1.82) is 0 Å². The van der Waals surface area contributed by atoms with Crippen molar-refractivity contribution >= 4 is 18.0 Å². The van der Waals surface area contributed by atoms with E-state index in [0.717, 1.165) is 24.0 Å². The van der Waals surface area contributed by atoms with Crippen molar-refractivity contribution in [2.75, 3.05) is 0 Å². The van der Waals surface area contributed by atoms with Crippen LogP contribution in [0.25, 0.3) is 0 Å². The zero-order chi connectivity index (χ0) is 33.1. The Morgan fingerprint density at radius 3 is 2.52 bits per heavy atom. The predicted octanol–water partition coefficient (Wildman–Crippen LogP) is 6.99. The molecular weight excluding hydrogens is 584 g/mol. The molecule has 2 saturated carbocycles. The molecule has 46 heavy (non-hydrogen) atoms. The highest BCUT2D eigenvalue weighted by atomic mass is 16.6. The number of carbonyl (C=O) groups excluding carboxylic acids is 3. The molecule has 1 N–H and O–H groups in total. The molecule has 3 fully saturated rings. The molecule has 6 bridgehead atoms. The fourth-order valence-electron chi connectivity index (χ4n) is 9.68. The average Bonchev–Trinajstić information content (AvgIpc) is 3.12. The van der Waals surface area contributed by atoms with E-state index in [1.54, 1.807) is 19.1 Å². The summed E-state index contributed by atoms with van der Waals surface area (Å²) in [5, 5.41) is 12.2. The number of carbonyl (C=O) groups is 3. The smallest absolute Gasteiger partial charge is 0.298 e. The summed E-state index contributed by atoms with van der Waals surface area (Å²) in [7, 11) is 0. The van der Waals surface area contributed by atoms with Crippen molar-refractivity contribution in [2.45, 2.75) is 115 Å². The Morgan fingerprint density at radius 1 is 1.11 bits per heavy atom. The number of hydrogen-bond acceptors (Lipinski definition) is 8. The number of rotatable bonds is 7. The van der Waals surface area contributed by atoms with Crippen molar-refractivity contribution < 1.29 is 38.4 Å². The van der Waals surface area contributed by atoms with Crippen LogP contribution in [0.1, 0.15) is 108 Å². The van der Waals surface area contributed by atoms with E-state index < -0.39 is 28.3 Å². The van der Waals surface area contributed by atoms with E-state index in [2.05, 4.69) is 19.6 Å². The molecule has 1 aromatic carbocycles. The van der Waals surface area contributed by atoms with Gasteiger partial charge in [0.2, 0.25) is 0 Å². The molecule has 3 aliphatic heterocycles. The van der Waals surface area contributed by atoms with Gasteiger partial charge in [0.05, 0.1) is 5.60 Å². The third-order valence-corrected chi connectivity index (χ3v) is 11.7. The zero-order valence-corrected chi connectivity index (χ0v) is 27.9. The van der Waals surface area contributed by atoms with Gasteiger partial charge in [0.25, 0.3) is 6.47 Å². The summed E-state index contributed by atoms with van der Waals surface area (Å²) in [6.45, 7) is 18.4. The highest BCUT2D eigenvalue weighted by molar-refractivity contribution is 6.18. The zero-order valence-electron chi connectivity index (χ0n) is 27.9. The molecule has 1 saturated heterocycles. The van der Waals surface area contributed by atoms with Gasteiger partial charge in [-0.05, 0) is 92.6 Å². The minimum absolute atomic E-state index is 0.0546. The number of ketones is 2. The van der Waals surface area contributed by atoms with Crippen LogP contribution in [0.15, 0.2) is 47.3 Å². The monoisotopic (exact) mass is 628 g/mol. The maximum Gasteiger partial charge on any atom is 0.298 e. The van der Waals surface area contributed by atoms with Crippen LogP contribution in [0.4, 0.5) is 0 Å². The van der Waals surface area contributed by atoms with Crippen LogP contribution < -0.4 is 9.47 Å². The number of fused-ring (bicyclic) bond motifs is 5. The fourth-order valence-corrected chi connectivity index (χ4v) is 9.68. The van der Waals surface area contributed by atoms with Gasteiger partial charge in [-0.3, -0.25) is 14.4 Å². The molecule has 4 aliphatic carbocycles. The number of ether oxygens (including phenoxy) is 4. The number of Topliss-reactive ketones (excluding diaryl/α,β-unsaturated/α-hetero) is 2. The minimum atomic E-state index is -1.54. The Bertz CT molecular complexity index is 1700. The lowest BCUT2D eigenvalue weighted by Crippen LogP contribution is -2.72.